The second kappa shape index (κ2) is 5.52. The molecule has 2 unspecified atom stereocenters. The molecule has 1 aromatic rings. The van der Waals surface area contributed by atoms with Gasteiger partial charge in [0.05, 0.1) is 18.6 Å². The van der Waals surface area contributed by atoms with E-state index >= 15 is 0 Å². The normalized spacial score (nSPS) is 25.4. The molecule has 3 rings (SSSR count). The number of amides is 1. The van der Waals surface area contributed by atoms with Crippen molar-refractivity contribution in [3.63, 3.8) is 0 Å². The SMILES string of the molecule is O=C1CC(O)CN1C(c1ccc(F)cc1)C1CCCC1. The van der Waals surface area contributed by atoms with Crippen molar-refractivity contribution in [3.05, 3.63) is 35.6 Å². The summed E-state index contributed by atoms with van der Waals surface area (Å²) in [7, 11) is 0. The zero-order chi connectivity index (χ0) is 14.1. The van der Waals surface area contributed by atoms with Crippen LogP contribution in [-0.2, 0) is 4.79 Å². The number of aliphatic hydroxyl groups is 1. The van der Waals surface area contributed by atoms with Gasteiger partial charge in [-0.2, -0.15) is 0 Å². The number of β-amino-alcohol motifs (C(OH)–C–C–N with tert-alkyl or cyclic N) is 1. The minimum absolute atomic E-state index is 0.0113. The van der Waals surface area contributed by atoms with Crippen molar-refractivity contribution in [3.8, 4) is 0 Å². The summed E-state index contributed by atoms with van der Waals surface area (Å²) in [5.74, 6) is 0.181. The molecule has 1 aliphatic heterocycles. The van der Waals surface area contributed by atoms with Crippen molar-refractivity contribution in [2.24, 2.45) is 5.92 Å². The highest BCUT2D eigenvalue weighted by atomic mass is 19.1. The molecule has 1 aromatic carbocycles. The molecule has 1 N–H and O–H groups in total. The van der Waals surface area contributed by atoms with Crippen LogP contribution in [0.2, 0.25) is 0 Å². The summed E-state index contributed by atoms with van der Waals surface area (Å²) in [5, 5.41) is 9.73. The second-order valence-electron chi connectivity index (χ2n) is 5.94. The average Bonchev–Trinajstić information content (AvgIpc) is 3.03. The van der Waals surface area contributed by atoms with Gasteiger partial charge in [0, 0.05) is 6.54 Å². The topological polar surface area (TPSA) is 40.5 Å². The maximum Gasteiger partial charge on any atom is 0.225 e. The Morgan fingerprint density at radius 3 is 2.40 bits per heavy atom. The standard InChI is InChI=1S/C16H20FNO2/c17-13-7-5-12(6-8-13)16(11-3-1-2-4-11)18-10-14(19)9-15(18)20/h5-8,11,14,16,19H,1-4,9-10H2. The third-order valence-electron chi connectivity index (χ3n) is 4.53. The van der Waals surface area contributed by atoms with Crippen molar-refractivity contribution in [1.29, 1.82) is 0 Å². The van der Waals surface area contributed by atoms with E-state index in [1.807, 2.05) is 0 Å². The predicted octanol–water partition coefficient (Wildman–Crippen LogP) is 2.65. The predicted molar refractivity (Wildman–Crippen MR) is 73.4 cm³/mol. The Bertz CT molecular complexity index is 482. The molecule has 0 bridgehead atoms. The fourth-order valence-electron chi connectivity index (χ4n) is 3.62. The van der Waals surface area contributed by atoms with E-state index in [1.54, 1.807) is 17.0 Å². The molecule has 2 atom stereocenters. The number of aliphatic hydroxyl groups excluding tert-OH is 1. The van der Waals surface area contributed by atoms with Crippen molar-refractivity contribution >= 4 is 5.91 Å². The first-order valence-corrected chi connectivity index (χ1v) is 7.38. The third-order valence-corrected chi connectivity index (χ3v) is 4.53. The summed E-state index contributed by atoms with van der Waals surface area (Å²) in [6, 6.07) is 6.44. The highest BCUT2D eigenvalue weighted by Crippen LogP contribution is 2.41. The maximum atomic E-state index is 13.1. The summed E-state index contributed by atoms with van der Waals surface area (Å²) >= 11 is 0. The molecule has 4 heteroatoms. The second-order valence-corrected chi connectivity index (χ2v) is 5.94. The number of benzene rings is 1. The maximum absolute atomic E-state index is 13.1. The molecule has 1 heterocycles. The zero-order valence-corrected chi connectivity index (χ0v) is 11.5. The van der Waals surface area contributed by atoms with Crippen LogP contribution in [0.25, 0.3) is 0 Å². The van der Waals surface area contributed by atoms with E-state index < -0.39 is 6.10 Å². The van der Waals surface area contributed by atoms with E-state index in [1.165, 1.54) is 25.0 Å². The fraction of sp³-hybridized carbons (Fsp3) is 0.562. The molecule has 0 spiro atoms. The first-order valence-electron chi connectivity index (χ1n) is 7.38. The third kappa shape index (κ3) is 2.57. The van der Waals surface area contributed by atoms with Crippen LogP contribution in [0.5, 0.6) is 0 Å². The molecule has 108 valence electrons. The number of carbonyl (C=O) groups excluding carboxylic acids is 1. The van der Waals surface area contributed by atoms with Gasteiger partial charge >= 0.3 is 0 Å². The monoisotopic (exact) mass is 277 g/mol. The lowest BCUT2D eigenvalue weighted by atomic mass is 9.90. The first-order chi connectivity index (χ1) is 9.65. The van der Waals surface area contributed by atoms with Crippen LogP contribution in [0.4, 0.5) is 4.39 Å². The molecule has 0 radical (unpaired) electrons. The number of halogens is 1. The van der Waals surface area contributed by atoms with Gasteiger partial charge in [-0.3, -0.25) is 4.79 Å². The molecule has 1 amide bonds. The van der Waals surface area contributed by atoms with Crippen LogP contribution in [0.1, 0.15) is 43.7 Å². The zero-order valence-electron chi connectivity index (χ0n) is 11.5. The molecule has 3 nitrogen and oxygen atoms in total. The van der Waals surface area contributed by atoms with Gasteiger partial charge in [0.25, 0.3) is 0 Å². The van der Waals surface area contributed by atoms with Crippen LogP contribution in [-0.4, -0.2) is 28.6 Å². The van der Waals surface area contributed by atoms with Gasteiger partial charge in [-0.15, -0.1) is 0 Å². The fourth-order valence-corrected chi connectivity index (χ4v) is 3.62. The lowest BCUT2D eigenvalue weighted by Crippen LogP contribution is -2.34. The average molecular weight is 277 g/mol. The van der Waals surface area contributed by atoms with Gasteiger partial charge in [0.1, 0.15) is 5.82 Å². The number of likely N-dealkylation sites (tertiary alicyclic amines) is 1. The Balaban J connectivity index is 1.91. The number of hydrogen-bond acceptors (Lipinski definition) is 2. The van der Waals surface area contributed by atoms with E-state index in [9.17, 15) is 14.3 Å². The Kier molecular flexibility index (Phi) is 3.74. The lowest BCUT2D eigenvalue weighted by Gasteiger charge is -2.33. The van der Waals surface area contributed by atoms with Crippen LogP contribution in [0.3, 0.4) is 0 Å². The number of hydrogen-bond donors (Lipinski definition) is 1. The first kappa shape index (κ1) is 13.6. The molecule has 0 aromatic heterocycles. The van der Waals surface area contributed by atoms with Gasteiger partial charge in [-0.1, -0.05) is 25.0 Å². The van der Waals surface area contributed by atoms with E-state index in [2.05, 4.69) is 0 Å². The molecule has 20 heavy (non-hydrogen) atoms. The molecular weight excluding hydrogens is 257 g/mol. The van der Waals surface area contributed by atoms with Gasteiger partial charge in [-0.05, 0) is 36.5 Å². The smallest absolute Gasteiger partial charge is 0.225 e. The quantitative estimate of drug-likeness (QED) is 0.922. The highest BCUT2D eigenvalue weighted by molar-refractivity contribution is 5.79. The van der Waals surface area contributed by atoms with E-state index in [4.69, 9.17) is 0 Å². The molecule has 1 aliphatic carbocycles. The lowest BCUT2D eigenvalue weighted by molar-refractivity contribution is -0.130. The Labute approximate surface area is 118 Å². The van der Waals surface area contributed by atoms with Gasteiger partial charge in [-0.25, -0.2) is 4.39 Å². The van der Waals surface area contributed by atoms with Crippen LogP contribution in [0, 0.1) is 11.7 Å². The van der Waals surface area contributed by atoms with Crippen molar-refractivity contribution in [1.82, 2.24) is 4.90 Å². The summed E-state index contributed by atoms with van der Waals surface area (Å²) in [4.78, 5) is 13.9. The Morgan fingerprint density at radius 2 is 1.85 bits per heavy atom. The van der Waals surface area contributed by atoms with Gasteiger partial charge in [0.2, 0.25) is 5.91 Å². The van der Waals surface area contributed by atoms with Gasteiger partial charge in [0.15, 0.2) is 0 Å². The Morgan fingerprint density at radius 1 is 1.20 bits per heavy atom. The minimum Gasteiger partial charge on any atom is -0.391 e. The highest BCUT2D eigenvalue weighted by Gasteiger charge is 2.38. The molecule has 1 saturated carbocycles. The van der Waals surface area contributed by atoms with Crippen LogP contribution < -0.4 is 0 Å². The van der Waals surface area contributed by atoms with Crippen LogP contribution >= 0.6 is 0 Å². The largest absolute Gasteiger partial charge is 0.391 e. The van der Waals surface area contributed by atoms with E-state index in [-0.39, 0.29) is 24.2 Å². The summed E-state index contributed by atoms with van der Waals surface area (Å²) < 4.78 is 13.1. The van der Waals surface area contributed by atoms with E-state index in [0.29, 0.717) is 12.5 Å². The van der Waals surface area contributed by atoms with Crippen molar-refractivity contribution < 1.29 is 14.3 Å². The van der Waals surface area contributed by atoms with Gasteiger partial charge < -0.3 is 10.0 Å². The van der Waals surface area contributed by atoms with Crippen molar-refractivity contribution in [2.45, 2.75) is 44.2 Å². The molecule has 2 aliphatic rings. The molecule has 2 fully saturated rings. The van der Waals surface area contributed by atoms with Crippen molar-refractivity contribution in [2.75, 3.05) is 6.54 Å². The van der Waals surface area contributed by atoms with Crippen LogP contribution in [0.15, 0.2) is 24.3 Å². The summed E-state index contributed by atoms with van der Waals surface area (Å²) in [6.45, 7) is 0.400. The number of carbonyl (C=O) groups is 1. The Hall–Kier alpha value is -1.42. The minimum atomic E-state index is -0.563. The molecule has 1 saturated heterocycles. The summed E-state index contributed by atoms with van der Waals surface area (Å²) in [5.41, 5.74) is 0.987. The number of nitrogens with zero attached hydrogens (tertiary/aromatic N) is 1. The summed E-state index contributed by atoms with van der Waals surface area (Å²) in [6.07, 6.45) is 4.22. The molecular formula is C16H20FNO2. The number of rotatable bonds is 3. The van der Waals surface area contributed by atoms with E-state index in [0.717, 1.165) is 18.4 Å².